The fraction of sp³-hybridized carbons (Fsp3) is 0.562. The van der Waals surface area contributed by atoms with E-state index in [4.69, 9.17) is 5.73 Å². The van der Waals surface area contributed by atoms with Crippen molar-refractivity contribution >= 4 is 5.91 Å². The fourth-order valence-electron chi connectivity index (χ4n) is 4.08. The van der Waals surface area contributed by atoms with Crippen molar-refractivity contribution in [3.63, 3.8) is 0 Å². The zero-order valence-electron chi connectivity index (χ0n) is 11.1. The fourth-order valence-corrected chi connectivity index (χ4v) is 4.08. The number of hydrogen-bond acceptors (Lipinski definition) is 2. The van der Waals surface area contributed by atoms with Crippen molar-refractivity contribution in [1.82, 2.24) is 5.32 Å². The van der Waals surface area contributed by atoms with Gasteiger partial charge in [0, 0.05) is 12.0 Å². The van der Waals surface area contributed by atoms with E-state index in [1.165, 1.54) is 11.1 Å². The van der Waals surface area contributed by atoms with E-state index in [2.05, 4.69) is 29.6 Å². The Bertz CT molecular complexity index is 533. The molecule has 2 fully saturated rings. The molecule has 1 aromatic rings. The molecule has 1 amide bonds. The third kappa shape index (κ3) is 1.64. The smallest absolute Gasteiger partial charge is 0.240 e. The number of carbonyl (C=O) groups is 1. The molecule has 4 rings (SSSR count). The first-order chi connectivity index (χ1) is 9.19. The number of benzene rings is 1. The first-order valence-corrected chi connectivity index (χ1v) is 7.37. The van der Waals surface area contributed by atoms with Crippen LogP contribution in [0.4, 0.5) is 0 Å². The monoisotopic (exact) mass is 256 g/mol. The van der Waals surface area contributed by atoms with Gasteiger partial charge in [-0.2, -0.15) is 0 Å². The highest BCUT2D eigenvalue weighted by Crippen LogP contribution is 2.56. The third-order valence-electron chi connectivity index (χ3n) is 5.28. The van der Waals surface area contributed by atoms with Crippen molar-refractivity contribution in [1.29, 1.82) is 0 Å². The number of hydrogen-bond donors (Lipinski definition) is 2. The molecule has 100 valence electrons. The minimum atomic E-state index is -0.587. The molecule has 0 heterocycles. The molecule has 0 aromatic heterocycles. The molecule has 3 nitrogen and oxygen atoms in total. The number of nitrogens with two attached hydrogens (primary N) is 1. The van der Waals surface area contributed by atoms with Crippen LogP contribution in [0.3, 0.4) is 0 Å². The Hall–Kier alpha value is -1.35. The van der Waals surface area contributed by atoms with Gasteiger partial charge >= 0.3 is 0 Å². The van der Waals surface area contributed by atoms with Crippen molar-refractivity contribution in [2.45, 2.75) is 49.6 Å². The van der Waals surface area contributed by atoms with E-state index in [-0.39, 0.29) is 5.91 Å². The summed E-state index contributed by atoms with van der Waals surface area (Å²) in [5.41, 5.74) is 8.53. The highest BCUT2D eigenvalue weighted by Gasteiger charge is 2.57. The second-order valence-electron chi connectivity index (χ2n) is 6.46. The zero-order chi connectivity index (χ0) is 13.0. The lowest BCUT2D eigenvalue weighted by Gasteiger charge is -2.23. The molecule has 19 heavy (non-hydrogen) atoms. The quantitative estimate of drug-likeness (QED) is 0.846. The lowest BCUT2D eigenvalue weighted by atomic mass is 9.97. The van der Waals surface area contributed by atoms with Crippen LogP contribution in [0.1, 0.15) is 42.7 Å². The largest absolute Gasteiger partial charge is 0.351 e. The molecule has 0 saturated heterocycles. The summed E-state index contributed by atoms with van der Waals surface area (Å²) < 4.78 is 0. The Morgan fingerprint density at radius 1 is 1.26 bits per heavy atom. The van der Waals surface area contributed by atoms with Gasteiger partial charge in [-0.15, -0.1) is 0 Å². The summed E-state index contributed by atoms with van der Waals surface area (Å²) in [6, 6.07) is 8.95. The Balaban J connectivity index is 1.46. The van der Waals surface area contributed by atoms with Crippen LogP contribution < -0.4 is 11.1 Å². The lowest BCUT2D eigenvalue weighted by Crippen LogP contribution is -2.53. The molecule has 0 aliphatic heterocycles. The molecule has 3 aliphatic rings. The summed E-state index contributed by atoms with van der Waals surface area (Å²) in [6.07, 6.45) is 4.98. The van der Waals surface area contributed by atoms with Crippen molar-refractivity contribution in [3.8, 4) is 0 Å². The van der Waals surface area contributed by atoms with Crippen LogP contribution in [0.5, 0.6) is 0 Å². The first-order valence-electron chi connectivity index (χ1n) is 7.37. The first kappa shape index (κ1) is 11.5. The normalized spacial score (nSPS) is 33.6. The van der Waals surface area contributed by atoms with Crippen molar-refractivity contribution in [2.75, 3.05) is 0 Å². The van der Waals surface area contributed by atoms with E-state index in [0.29, 0.717) is 17.9 Å². The van der Waals surface area contributed by atoms with Gasteiger partial charge in [0.15, 0.2) is 0 Å². The molecule has 3 unspecified atom stereocenters. The Morgan fingerprint density at radius 3 is 2.79 bits per heavy atom. The Morgan fingerprint density at radius 2 is 2.00 bits per heavy atom. The minimum absolute atomic E-state index is 0.0851. The van der Waals surface area contributed by atoms with Crippen molar-refractivity contribution in [3.05, 3.63) is 35.4 Å². The standard InChI is InChI=1S/C16H20N2O/c17-16(7-3-4-8-16)15(19)18-14-12-9-10-5-1-2-6-11(10)13(12)14/h1-2,5-6,12-14H,3-4,7-9,17H2,(H,18,19). The van der Waals surface area contributed by atoms with E-state index in [9.17, 15) is 4.79 Å². The molecule has 3 aliphatic carbocycles. The number of rotatable bonds is 2. The van der Waals surface area contributed by atoms with E-state index in [0.717, 1.165) is 32.1 Å². The molecule has 3 atom stereocenters. The summed E-state index contributed by atoms with van der Waals surface area (Å²) in [5.74, 6) is 1.25. The number of amides is 1. The summed E-state index contributed by atoms with van der Waals surface area (Å²) in [5, 5.41) is 3.22. The van der Waals surface area contributed by atoms with Gasteiger partial charge in [0.2, 0.25) is 5.91 Å². The Labute approximate surface area is 113 Å². The molecule has 3 N–H and O–H groups in total. The third-order valence-corrected chi connectivity index (χ3v) is 5.28. The average molecular weight is 256 g/mol. The van der Waals surface area contributed by atoms with Gasteiger partial charge in [-0.1, -0.05) is 37.1 Å². The number of carbonyl (C=O) groups excluding carboxylic acids is 1. The summed E-state index contributed by atoms with van der Waals surface area (Å²) >= 11 is 0. The Kier molecular flexibility index (Phi) is 2.31. The van der Waals surface area contributed by atoms with E-state index < -0.39 is 5.54 Å². The second-order valence-corrected chi connectivity index (χ2v) is 6.46. The number of nitrogens with one attached hydrogen (secondary N) is 1. The van der Waals surface area contributed by atoms with Crippen LogP contribution >= 0.6 is 0 Å². The zero-order valence-corrected chi connectivity index (χ0v) is 11.1. The van der Waals surface area contributed by atoms with Crippen LogP contribution in [0, 0.1) is 5.92 Å². The summed E-state index contributed by atoms with van der Waals surface area (Å²) in [4.78, 5) is 12.3. The van der Waals surface area contributed by atoms with Crippen LogP contribution in [0.25, 0.3) is 0 Å². The molecule has 0 bridgehead atoms. The average Bonchev–Trinajstić information content (AvgIpc) is 2.81. The molecule has 3 heteroatoms. The topological polar surface area (TPSA) is 55.1 Å². The van der Waals surface area contributed by atoms with E-state index >= 15 is 0 Å². The maximum absolute atomic E-state index is 12.3. The van der Waals surface area contributed by atoms with Crippen LogP contribution in [0.15, 0.2) is 24.3 Å². The molecule has 0 radical (unpaired) electrons. The highest BCUT2D eigenvalue weighted by molar-refractivity contribution is 5.87. The predicted molar refractivity (Wildman–Crippen MR) is 73.7 cm³/mol. The van der Waals surface area contributed by atoms with Crippen LogP contribution in [-0.4, -0.2) is 17.5 Å². The van der Waals surface area contributed by atoms with Crippen LogP contribution in [-0.2, 0) is 11.2 Å². The van der Waals surface area contributed by atoms with Gasteiger partial charge < -0.3 is 11.1 Å². The second kappa shape index (κ2) is 3.83. The predicted octanol–water partition coefficient (Wildman–Crippen LogP) is 1.71. The molecule has 2 saturated carbocycles. The van der Waals surface area contributed by atoms with Gasteiger partial charge in [0.1, 0.15) is 0 Å². The van der Waals surface area contributed by atoms with Crippen molar-refractivity contribution < 1.29 is 4.79 Å². The van der Waals surface area contributed by atoms with Gasteiger partial charge in [0.05, 0.1) is 5.54 Å². The van der Waals surface area contributed by atoms with Crippen LogP contribution in [0.2, 0.25) is 0 Å². The SMILES string of the molecule is NC1(C(=O)NC2C3Cc4ccccc4C32)CCCC1. The molecular weight excluding hydrogens is 236 g/mol. The van der Waals surface area contributed by atoms with Gasteiger partial charge in [-0.3, -0.25) is 4.79 Å². The minimum Gasteiger partial charge on any atom is -0.351 e. The highest BCUT2D eigenvalue weighted by atomic mass is 16.2. The molecule has 0 spiro atoms. The van der Waals surface area contributed by atoms with E-state index in [1.54, 1.807) is 0 Å². The lowest BCUT2D eigenvalue weighted by molar-refractivity contribution is -0.126. The maximum atomic E-state index is 12.3. The van der Waals surface area contributed by atoms with Gasteiger partial charge in [-0.05, 0) is 36.3 Å². The summed E-state index contributed by atoms with van der Waals surface area (Å²) in [7, 11) is 0. The maximum Gasteiger partial charge on any atom is 0.240 e. The summed E-state index contributed by atoms with van der Waals surface area (Å²) in [6.45, 7) is 0. The number of fused-ring (bicyclic) bond motifs is 3. The molecule has 1 aromatic carbocycles. The van der Waals surface area contributed by atoms with Gasteiger partial charge in [0.25, 0.3) is 0 Å². The van der Waals surface area contributed by atoms with Gasteiger partial charge in [-0.25, -0.2) is 0 Å². The van der Waals surface area contributed by atoms with E-state index in [1.807, 2.05) is 0 Å². The van der Waals surface area contributed by atoms with Crippen molar-refractivity contribution in [2.24, 2.45) is 11.7 Å². The molecular formula is C16H20N2O.